The maximum atomic E-state index is 13.6. The van der Waals surface area contributed by atoms with E-state index in [2.05, 4.69) is 29.0 Å². The molecule has 1 aromatic heterocycles. The van der Waals surface area contributed by atoms with Crippen LogP contribution >= 0.6 is 0 Å². The predicted octanol–water partition coefficient (Wildman–Crippen LogP) is 3.93. The lowest BCUT2D eigenvalue weighted by molar-refractivity contribution is 0.590. The molecule has 3 rings (SSSR count). The van der Waals surface area contributed by atoms with E-state index in [1.807, 2.05) is 12.1 Å². The summed E-state index contributed by atoms with van der Waals surface area (Å²) in [5, 5.41) is 0. The quantitative estimate of drug-likeness (QED) is 0.768. The van der Waals surface area contributed by atoms with Gasteiger partial charge in [0.15, 0.2) is 5.82 Å². The van der Waals surface area contributed by atoms with Crippen molar-refractivity contribution in [2.75, 3.05) is 0 Å². The van der Waals surface area contributed by atoms with E-state index < -0.39 is 11.6 Å². The highest BCUT2D eigenvalue weighted by Gasteiger charge is 2.10. The van der Waals surface area contributed by atoms with E-state index in [4.69, 9.17) is 0 Å². The van der Waals surface area contributed by atoms with E-state index in [9.17, 15) is 8.78 Å². The van der Waals surface area contributed by atoms with Gasteiger partial charge < -0.3 is 4.98 Å². The van der Waals surface area contributed by atoms with Crippen LogP contribution in [0.15, 0.2) is 36.4 Å². The Morgan fingerprint density at radius 1 is 1.10 bits per heavy atom. The molecular weight excluding hydrogens is 258 g/mol. The minimum atomic E-state index is -0.626. The average molecular weight is 272 g/mol. The molecule has 0 saturated heterocycles. The van der Waals surface area contributed by atoms with Crippen LogP contribution in [0.3, 0.4) is 0 Å². The number of nitrogens with one attached hydrogen (secondary N) is 1. The highest BCUT2D eigenvalue weighted by Crippen LogP contribution is 2.18. The number of nitrogens with zero attached hydrogens (tertiary/aromatic N) is 1. The number of fused-ring (bicyclic) bond motifs is 1. The van der Waals surface area contributed by atoms with Crippen LogP contribution < -0.4 is 0 Å². The minimum absolute atomic E-state index is 0.200. The summed E-state index contributed by atoms with van der Waals surface area (Å²) >= 11 is 0. The monoisotopic (exact) mass is 272 g/mol. The first-order valence-electron chi connectivity index (χ1n) is 6.51. The number of hydrogen-bond acceptors (Lipinski definition) is 1. The molecule has 0 saturated carbocycles. The Labute approximate surface area is 115 Å². The Kier molecular flexibility index (Phi) is 3.22. The Hall–Kier alpha value is -2.23. The Bertz CT molecular complexity index is 762. The first kappa shape index (κ1) is 12.8. The molecule has 0 spiro atoms. The highest BCUT2D eigenvalue weighted by molar-refractivity contribution is 5.75. The van der Waals surface area contributed by atoms with Gasteiger partial charge in [-0.3, -0.25) is 0 Å². The molecule has 2 nitrogen and oxygen atoms in total. The molecule has 0 aliphatic carbocycles. The van der Waals surface area contributed by atoms with Crippen molar-refractivity contribution in [3.05, 3.63) is 65.0 Å². The van der Waals surface area contributed by atoms with Crippen LogP contribution in [0.2, 0.25) is 0 Å². The number of aromatic nitrogens is 2. The van der Waals surface area contributed by atoms with Crippen LogP contribution in [0, 0.1) is 18.6 Å². The average Bonchev–Trinajstić information content (AvgIpc) is 2.81. The molecule has 0 radical (unpaired) electrons. The van der Waals surface area contributed by atoms with Gasteiger partial charge in [0.2, 0.25) is 0 Å². The van der Waals surface area contributed by atoms with Crippen LogP contribution in [0.4, 0.5) is 8.78 Å². The predicted molar refractivity (Wildman–Crippen MR) is 74.6 cm³/mol. The van der Waals surface area contributed by atoms with Crippen LogP contribution in [0.25, 0.3) is 11.0 Å². The normalized spacial score (nSPS) is 11.2. The second kappa shape index (κ2) is 5.04. The molecule has 0 aliphatic rings. The summed E-state index contributed by atoms with van der Waals surface area (Å²) < 4.78 is 26.7. The molecule has 2 aromatic carbocycles. The summed E-state index contributed by atoms with van der Waals surface area (Å²) in [6, 6.07) is 10.2. The molecule has 0 unspecified atom stereocenters. The van der Waals surface area contributed by atoms with Gasteiger partial charge in [-0.05, 0) is 30.5 Å². The third kappa shape index (κ3) is 2.41. The molecule has 0 atom stereocenters. The van der Waals surface area contributed by atoms with Crippen molar-refractivity contribution in [3.8, 4) is 0 Å². The van der Waals surface area contributed by atoms with E-state index in [0.717, 1.165) is 12.5 Å². The van der Waals surface area contributed by atoms with Crippen molar-refractivity contribution in [3.63, 3.8) is 0 Å². The van der Waals surface area contributed by atoms with Gasteiger partial charge in [-0.2, -0.15) is 0 Å². The van der Waals surface area contributed by atoms with Crippen molar-refractivity contribution in [2.24, 2.45) is 0 Å². The largest absolute Gasteiger partial charge is 0.342 e. The molecule has 4 heteroatoms. The number of aryl methyl sites for hydroxylation is 3. The Balaban J connectivity index is 1.85. The first-order chi connectivity index (χ1) is 9.63. The topological polar surface area (TPSA) is 28.7 Å². The zero-order chi connectivity index (χ0) is 14.1. The lowest BCUT2D eigenvalue weighted by Crippen LogP contribution is -1.95. The second-order valence-electron chi connectivity index (χ2n) is 4.89. The smallest absolute Gasteiger partial charge is 0.153 e. The maximum Gasteiger partial charge on any atom is 0.153 e. The number of rotatable bonds is 3. The third-order valence-electron chi connectivity index (χ3n) is 3.45. The maximum absolute atomic E-state index is 13.6. The van der Waals surface area contributed by atoms with E-state index in [1.54, 1.807) is 0 Å². The van der Waals surface area contributed by atoms with Gasteiger partial charge in [-0.25, -0.2) is 13.8 Å². The van der Waals surface area contributed by atoms with Gasteiger partial charge in [-0.1, -0.05) is 24.3 Å². The van der Waals surface area contributed by atoms with Crippen molar-refractivity contribution < 1.29 is 8.78 Å². The van der Waals surface area contributed by atoms with E-state index in [-0.39, 0.29) is 5.52 Å². The second-order valence-corrected chi connectivity index (χ2v) is 4.89. The van der Waals surface area contributed by atoms with Crippen LogP contribution in [0.5, 0.6) is 0 Å². The molecule has 1 N–H and O–H groups in total. The number of imidazole rings is 1. The molecular formula is C16H14F2N2. The summed E-state index contributed by atoms with van der Waals surface area (Å²) in [5.74, 6) is -0.546. The number of aromatic amines is 1. The fourth-order valence-electron chi connectivity index (χ4n) is 2.36. The third-order valence-corrected chi connectivity index (χ3v) is 3.45. The lowest BCUT2D eigenvalue weighted by Gasteiger charge is -2.03. The van der Waals surface area contributed by atoms with E-state index in [1.165, 1.54) is 17.2 Å². The van der Waals surface area contributed by atoms with Crippen molar-refractivity contribution in [1.82, 2.24) is 9.97 Å². The minimum Gasteiger partial charge on any atom is -0.342 e. The summed E-state index contributed by atoms with van der Waals surface area (Å²) in [5.41, 5.74) is 3.06. The van der Waals surface area contributed by atoms with Gasteiger partial charge in [0.25, 0.3) is 0 Å². The zero-order valence-corrected chi connectivity index (χ0v) is 11.1. The summed E-state index contributed by atoms with van der Waals surface area (Å²) in [6.07, 6.45) is 1.48. The fourth-order valence-corrected chi connectivity index (χ4v) is 2.36. The van der Waals surface area contributed by atoms with Gasteiger partial charge in [-0.15, -0.1) is 0 Å². The standard InChI is InChI=1S/C16H14F2N2/c1-10-4-2-3-5-11(10)6-7-15-19-14-9-12(17)8-13(18)16(14)20-15/h2-5,8-9H,6-7H2,1H3,(H,19,20). The molecule has 1 heterocycles. The SMILES string of the molecule is Cc1ccccc1CCc1nc2c(F)cc(F)cc2[nH]1. The first-order valence-corrected chi connectivity index (χ1v) is 6.51. The van der Waals surface area contributed by atoms with Crippen molar-refractivity contribution in [1.29, 1.82) is 0 Å². The molecule has 102 valence electrons. The number of benzene rings is 2. The lowest BCUT2D eigenvalue weighted by atomic mass is 10.0. The van der Waals surface area contributed by atoms with Gasteiger partial charge in [0, 0.05) is 12.5 Å². The van der Waals surface area contributed by atoms with Gasteiger partial charge >= 0.3 is 0 Å². The van der Waals surface area contributed by atoms with Gasteiger partial charge in [0.1, 0.15) is 17.2 Å². The summed E-state index contributed by atoms with van der Waals surface area (Å²) in [6.45, 7) is 2.06. The van der Waals surface area contributed by atoms with Gasteiger partial charge in [0.05, 0.1) is 5.52 Å². The molecule has 0 fully saturated rings. The van der Waals surface area contributed by atoms with Crippen LogP contribution in [-0.4, -0.2) is 9.97 Å². The molecule has 3 aromatic rings. The Morgan fingerprint density at radius 2 is 1.90 bits per heavy atom. The zero-order valence-electron chi connectivity index (χ0n) is 11.1. The molecule has 0 aliphatic heterocycles. The summed E-state index contributed by atoms with van der Waals surface area (Å²) in [4.78, 5) is 7.18. The van der Waals surface area contributed by atoms with E-state index in [0.29, 0.717) is 17.8 Å². The number of H-pyrrole nitrogens is 1. The van der Waals surface area contributed by atoms with Crippen molar-refractivity contribution in [2.45, 2.75) is 19.8 Å². The fraction of sp³-hybridized carbons (Fsp3) is 0.188. The molecule has 0 amide bonds. The molecule has 20 heavy (non-hydrogen) atoms. The number of hydrogen-bond donors (Lipinski definition) is 1. The number of halogens is 2. The highest BCUT2D eigenvalue weighted by atomic mass is 19.1. The van der Waals surface area contributed by atoms with Crippen molar-refractivity contribution >= 4 is 11.0 Å². The summed E-state index contributed by atoms with van der Waals surface area (Å²) in [7, 11) is 0. The Morgan fingerprint density at radius 3 is 2.70 bits per heavy atom. The van der Waals surface area contributed by atoms with E-state index >= 15 is 0 Å². The molecule has 0 bridgehead atoms. The van der Waals surface area contributed by atoms with Crippen LogP contribution in [-0.2, 0) is 12.8 Å². The van der Waals surface area contributed by atoms with Crippen LogP contribution in [0.1, 0.15) is 17.0 Å².